The minimum Gasteiger partial charge on any atom is -0.432 e. The fraction of sp³-hybridized carbons (Fsp3) is 0.471. The van der Waals surface area contributed by atoms with Gasteiger partial charge in [0.25, 0.3) is 11.8 Å². The van der Waals surface area contributed by atoms with Crippen LogP contribution in [0.15, 0.2) is 36.4 Å². The number of rotatable bonds is 18. The zero-order chi connectivity index (χ0) is 34.5. The highest BCUT2D eigenvalue weighted by Gasteiger charge is 2.35. The van der Waals surface area contributed by atoms with Crippen molar-refractivity contribution in [2.75, 3.05) is 43.6 Å². The Balaban J connectivity index is 1.37. The summed E-state index contributed by atoms with van der Waals surface area (Å²) in [5.74, 6) is -2.36. The second-order valence-corrected chi connectivity index (χ2v) is 11.5. The number of imide groups is 1. The van der Waals surface area contributed by atoms with Crippen LogP contribution >= 0.6 is 0 Å². The van der Waals surface area contributed by atoms with Crippen LogP contribution in [0, 0.1) is 0 Å². The molecule has 2 aromatic carbocycles. The van der Waals surface area contributed by atoms with Crippen molar-refractivity contribution in [2.24, 2.45) is 0 Å². The number of unbranched alkanes of at least 4 members (excludes halogenated alkanes) is 1. The maximum atomic E-state index is 12.7. The van der Waals surface area contributed by atoms with Gasteiger partial charge in [-0.3, -0.25) is 28.8 Å². The number of ether oxygens (including phenoxy) is 2. The van der Waals surface area contributed by atoms with Gasteiger partial charge in [0.15, 0.2) is 0 Å². The van der Waals surface area contributed by atoms with E-state index in [1.54, 1.807) is 18.2 Å². The summed E-state index contributed by atoms with van der Waals surface area (Å²) in [5.41, 5.74) is 4.29. The Kier molecular flexibility index (Phi) is 13.4. The topological polar surface area (TPSA) is 190 Å². The van der Waals surface area contributed by atoms with Gasteiger partial charge in [-0.1, -0.05) is 24.1 Å². The van der Waals surface area contributed by atoms with Crippen molar-refractivity contribution in [2.45, 2.75) is 70.6 Å². The molecule has 1 atom stereocenters. The average molecular weight is 667 g/mol. The van der Waals surface area contributed by atoms with Gasteiger partial charge in [0, 0.05) is 69.2 Å². The predicted octanol–water partition coefficient (Wildman–Crippen LogP) is 3.77. The molecule has 2 aromatic rings. The van der Waals surface area contributed by atoms with E-state index in [2.05, 4.69) is 16.0 Å². The van der Waals surface area contributed by atoms with Crippen molar-refractivity contribution in [3.8, 4) is 11.1 Å². The van der Waals surface area contributed by atoms with E-state index in [0.29, 0.717) is 61.9 Å². The molecule has 1 saturated heterocycles. The fourth-order valence-electron chi connectivity index (χ4n) is 5.46. The largest absolute Gasteiger partial charge is 0.533 e. The summed E-state index contributed by atoms with van der Waals surface area (Å²) in [6.07, 6.45) is 1.82. The van der Waals surface area contributed by atoms with Crippen molar-refractivity contribution in [3.63, 3.8) is 0 Å². The summed E-state index contributed by atoms with van der Waals surface area (Å²) in [6, 6.07) is 10.8. The Hall–Kier alpha value is -4.82. The molecule has 2 aliphatic rings. The number of benzene rings is 2. The Bertz CT molecular complexity index is 1490. The summed E-state index contributed by atoms with van der Waals surface area (Å²) >= 11 is 0. The number of fused-ring (bicyclic) bond motifs is 3. The van der Waals surface area contributed by atoms with Crippen LogP contribution in [0.1, 0.15) is 81.8 Å². The molecule has 0 spiro atoms. The summed E-state index contributed by atoms with van der Waals surface area (Å²) in [6.45, 7) is 3.09. The molecule has 1 aliphatic carbocycles. The standard InChI is InChI=1S/C34H42N4O10/c1-2-6-30(41)36-22-9-11-24-25-12-10-23(37-31(42)8-5-7-29(40)35-15-18-46-17-4-3-16-39)20-27(25)28(26(24)19-22)21-47-34(45)48-38-32(43)13-14-33(38)44/h9-12,19-20,28,39H,2-8,13-18,21H2,1H3,(H,35,40)(H,36,41)(H,37,42). The molecule has 0 saturated carbocycles. The van der Waals surface area contributed by atoms with Crippen LogP contribution in [0.2, 0.25) is 0 Å². The number of hydrogen-bond acceptors (Lipinski definition) is 10. The van der Waals surface area contributed by atoms with Gasteiger partial charge >= 0.3 is 6.16 Å². The number of hydroxylamine groups is 2. The molecule has 0 bridgehead atoms. The van der Waals surface area contributed by atoms with E-state index in [1.165, 1.54) is 0 Å². The van der Waals surface area contributed by atoms with Gasteiger partial charge < -0.3 is 30.5 Å². The third-order valence-electron chi connectivity index (χ3n) is 7.80. The molecule has 1 unspecified atom stereocenters. The van der Waals surface area contributed by atoms with Crippen molar-refractivity contribution in [1.29, 1.82) is 0 Å². The summed E-state index contributed by atoms with van der Waals surface area (Å²) in [4.78, 5) is 78.2. The second kappa shape index (κ2) is 17.9. The number of amides is 5. The van der Waals surface area contributed by atoms with Crippen molar-refractivity contribution < 1.29 is 48.2 Å². The van der Waals surface area contributed by atoms with E-state index in [0.717, 1.165) is 28.7 Å². The number of aliphatic hydroxyl groups is 1. The summed E-state index contributed by atoms with van der Waals surface area (Å²) in [7, 11) is 0. The van der Waals surface area contributed by atoms with E-state index >= 15 is 0 Å². The number of carbonyl (C=O) groups excluding carboxylic acids is 6. The molecular formula is C34H42N4O10. The lowest BCUT2D eigenvalue weighted by Gasteiger charge is -2.17. The number of anilines is 2. The van der Waals surface area contributed by atoms with Crippen LogP contribution in [0.25, 0.3) is 11.1 Å². The first-order valence-corrected chi connectivity index (χ1v) is 16.2. The molecule has 1 aliphatic heterocycles. The number of nitrogens with zero attached hydrogens (tertiary/aromatic N) is 1. The number of carbonyl (C=O) groups is 6. The van der Waals surface area contributed by atoms with Crippen LogP contribution in [-0.2, 0) is 38.3 Å². The van der Waals surface area contributed by atoms with Gasteiger partial charge in [0.05, 0.1) is 6.61 Å². The molecule has 4 rings (SSSR count). The average Bonchev–Trinajstić information content (AvgIpc) is 3.53. The van der Waals surface area contributed by atoms with E-state index in [4.69, 9.17) is 19.4 Å². The summed E-state index contributed by atoms with van der Waals surface area (Å²) in [5, 5.41) is 17.7. The highest BCUT2D eigenvalue weighted by Crippen LogP contribution is 2.47. The fourth-order valence-corrected chi connectivity index (χ4v) is 5.46. The van der Waals surface area contributed by atoms with E-state index < -0.39 is 23.9 Å². The number of nitrogens with one attached hydrogen (secondary N) is 3. The van der Waals surface area contributed by atoms with E-state index in [9.17, 15) is 28.8 Å². The van der Waals surface area contributed by atoms with Gasteiger partial charge in [0.1, 0.15) is 6.61 Å². The Morgan fingerprint density at radius 3 is 2.02 bits per heavy atom. The Morgan fingerprint density at radius 2 is 1.42 bits per heavy atom. The first-order valence-electron chi connectivity index (χ1n) is 16.2. The van der Waals surface area contributed by atoms with Crippen LogP contribution in [0.5, 0.6) is 0 Å². The smallest absolute Gasteiger partial charge is 0.432 e. The zero-order valence-corrected chi connectivity index (χ0v) is 27.0. The molecule has 0 aromatic heterocycles. The highest BCUT2D eigenvalue weighted by atomic mass is 16.8. The third-order valence-corrected chi connectivity index (χ3v) is 7.80. The quantitative estimate of drug-likeness (QED) is 0.104. The molecule has 4 N–H and O–H groups in total. The molecular weight excluding hydrogens is 624 g/mol. The molecule has 5 amide bonds. The number of hydrogen-bond donors (Lipinski definition) is 4. The van der Waals surface area contributed by atoms with Gasteiger partial charge in [-0.2, -0.15) is 0 Å². The van der Waals surface area contributed by atoms with Crippen LogP contribution < -0.4 is 16.0 Å². The van der Waals surface area contributed by atoms with Gasteiger partial charge in [0.2, 0.25) is 17.7 Å². The molecule has 1 heterocycles. The number of aliphatic hydroxyl groups excluding tert-OH is 1. The zero-order valence-electron chi connectivity index (χ0n) is 27.0. The van der Waals surface area contributed by atoms with Gasteiger partial charge in [-0.05, 0) is 72.2 Å². The predicted molar refractivity (Wildman–Crippen MR) is 173 cm³/mol. The summed E-state index contributed by atoms with van der Waals surface area (Å²) < 4.78 is 10.8. The van der Waals surface area contributed by atoms with Gasteiger partial charge in [-0.15, -0.1) is 0 Å². The van der Waals surface area contributed by atoms with Gasteiger partial charge in [-0.25, -0.2) is 4.79 Å². The minimum atomic E-state index is -1.21. The van der Waals surface area contributed by atoms with Crippen molar-refractivity contribution in [3.05, 3.63) is 47.5 Å². The molecule has 48 heavy (non-hydrogen) atoms. The SMILES string of the molecule is CCCC(=O)Nc1ccc2c(c1)C(COC(=O)ON1C(=O)CCC1=O)c1cc(NC(=O)CCCC(=O)NCCOCCCCO)ccc1-2. The van der Waals surface area contributed by atoms with E-state index in [1.807, 2.05) is 25.1 Å². The molecule has 14 heteroatoms. The van der Waals surface area contributed by atoms with Crippen molar-refractivity contribution in [1.82, 2.24) is 10.4 Å². The maximum absolute atomic E-state index is 12.7. The van der Waals surface area contributed by atoms with E-state index in [-0.39, 0.29) is 56.6 Å². The monoisotopic (exact) mass is 666 g/mol. The molecule has 14 nitrogen and oxygen atoms in total. The first-order chi connectivity index (χ1) is 23.2. The Morgan fingerprint density at radius 1 is 0.812 bits per heavy atom. The normalized spacial score (nSPS) is 14.7. The maximum Gasteiger partial charge on any atom is 0.533 e. The molecule has 0 radical (unpaired) electrons. The van der Waals surface area contributed by atoms with Crippen LogP contribution in [0.3, 0.4) is 0 Å². The van der Waals surface area contributed by atoms with Crippen LogP contribution in [0.4, 0.5) is 16.2 Å². The molecule has 258 valence electrons. The third kappa shape index (κ3) is 10.1. The first kappa shape index (κ1) is 36.0. The lowest BCUT2D eigenvalue weighted by atomic mass is 9.97. The van der Waals surface area contributed by atoms with Crippen molar-refractivity contribution >= 4 is 47.1 Å². The second-order valence-electron chi connectivity index (χ2n) is 11.5. The Labute approximate surface area is 278 Å². The van der Waals surface area contributed by atoms with Crippen LogP contribution in [-0.4, -0.2) is 78.8 Å². The lowest BCUT2D eigenvalue weighted by Crippen LogP contribution is -2.32. The minimum absolute atomic E-state index is 0.0492. The molecule has 1 fully saturated rings. The lowest BCUT2D eigenvalue weighted by molar-refractivity contribution is -0.177. The highest BCUT2D eigenvalue weighted by molar-refractivity contribution is 6.01.